The Bertz CT molecular complexity index is 126. The Balaban J connectivity index is 2.53. The Morgan fingerprint density at radius 1 is 1.60 bits per heavy atom. The molecule has 0 aliphatic heterocycles. The van der Waals surface area contributed by atoms with E-state index in [-0.39, 0.29) is 0 Å². The van der Waals surface area contributed by atoms with Crippen LogP contribution >= 0.6 is 0 Å². The third-order valence-corrected chi connectivity index (χ3v) is 2.75. The minimum atomic E-state index is 0.456. The zero-order chi connectivity index (χ0) is 7.61. The lowest BCUT2D eigenvalue weighted by molar-refractivity contribution is 0.225. The molecule has 58 valence electrons. The molecule has 0 unspecified atom stereocenters. The van der Waals surface area contributed by atoms with Crippen molar-refractivity contribution in [3.8, 4) is 0 Å². The van der Waals surface area contributed by atoms with Gasteiger partial charge in [0.15, 0.2) is 0 Å². The minimum absolute atomic E-state index is 0.456. The average molecular weight is 138 g/mol. The van der Waals surface area contributed by atoms with Gasteiger partial charge in [-0.05, 0) is 24.2 Å². The van der Waals surface area contributed by atoms with E-state index in [9.17, 15) is 0 Å². The second kappa shape index (κ2) is 2.77. The molecule has 0 aromatic rings. The molecular weight excluding hydrogens is 120 g/mol. The highest BCUT2D eigenvalue weighted by molar-refractivity contribution is 4.94. The van der Waals surface area contributed by atoms with Gasteiger partial charge in [-0.1, -0.05) is 32.8 Å². The zero-order valence-corrected chi connectivity index (χ0v) is 7.19. The molecule has 0 aromatic carbocycles. The molecule has 0 N–H and O–H groups in total. The van der Waals surface area contributed by atoms with Gasteiger partial charge < -0.3 is 0 Å². The lowest BCUT2D eigenvalue weighted by Crippen LogP contribution is -2.21. The van der Waals surface area contributed by atoms with Crippen LogP contribution in [0.1, 0.15) is 39.5 Å². The van der Waals surface area contributed by atoms with Crippen molar-refractivity contribution in [2.24, 2.45) is 11.3 Å². The Labute approximate surface area is 64.3 Å². The van der Waals surface area contributed by atoms with Crippen LogP contribution in [0.5, 0.6) is 0 Å². The van der Waals surface area contributed by atoms with Gasteiger partial charge in [0, 0.05) is 0 Å². The fraction of sp³-hybridized carbons (Fsp3) is 0.800. The summed E-state index contributed by atoms with van der Waals surface area (Å²) in [6, 6.07) is 0. The maximum Gasteiger partial charge on any atom is -0.0147 e. The average Bonchev–Trinajstić information content (AvgIpc) is 1.88. The van der Waals surface area contributed by atoms with E-state index in [0.29, 0.717) is 5.41 Å². The summed E-state index contributed by atoms with van der Waals surface area (Å²) in [5.74, 6) is 0.914. The zero-order valence-electron chi connectivity index (χ0n) is 7.19. The first-order chi connectivity index (χ1) is 4.66. The van der Waals surface area contributed by atoms with E-state index < -0.39 is 0 Å². The van der Waals surface area contributed by atoms with Gasteiger partial charge >= 0.3 is 0 Å². The Hall–Kier alpha value is -0.260. The van der Waals surface area contributed by atoms with Crippen LogP contribution < -0.4 is 0 Å². The van der Waals surface area contributed by atoms with E-state index in [4.69, 9.17) is 0 Å². The molecule has 0 aromatic heterocycles. The fourth-order valence-electron chi connectivity index (χ4n) is 2.04. The van der Waals surface area contributed by atoms with Gasteiger partial charge in [0.1, 0.15) is 0 Å². The van der Waals surface area contributed by atoms with Crippen LogP contribution in [0.2, 0.25) is 0 Å². The normalized spacial score (nSPS) is 41.2. The monoisotopic (exact) mass is 138 g/mol. The quantitative estimate of drug-likeness (QED) is 0.487. The van der Waals surface area contributed by atoms with Crippen molar-refractivity contribution in [1.82, 2.24) is 0 Å². The van der Waals surface area contributed by atoms with Crippen LogP contribution in [0.25, 0.3) is 0 Å². The smallest absolute Gasteiger partial charge is 0.0147 e. The van der Waals surface area contributed by atoms with Crippen molar-refractivity contribution >= 4 is 0 Å². The highest BCUT2D eigenvalue weighted by Gasteiger charge is 2.26. The maximum absolute atomic E-state index is 3.89. The second-order valence-corrected chi connectivity index (χ2v) is 4.06. The van der Waals surface area contributed by atoms with Crippen molar-refractivity contribution in [2.75, 3.05) is 0 Å². The molecule has 10 heavy (non-hydrogen) atoms. The van der Waals surface area contributed by atoms with Crippen molar-refractivity contribution in [3.05, 3.63) is 12.7 Å². The van der Waals surface area contributed by atoms with Crippen LogP contribution in [-0.2, 0) is 0 Å². The summed E-state index contributed by atoms with van der Waals surface area (Å²) >= 11 is 0. The lowest BCUT2D eigenvalue weighted by Gasteiger charge is -2.34. The van der Waals surface area contributed by atoms with Crippen molar-refractivity contribution < 1.29 is 0 Å². The summed E-state index contributed by atoms with van der Waals surface area (Å²) in [7, 11) is 0. The molecule has 0 radical (unpaired) electrons. The highest BCUT2D eigenvalue weighted by atomic mass is 14.3. The largest absolute Gasteiger partial charge is 0.103 e. The minimum Gasteiger partial charge on any atom is -0.103 e. The summed E-state index contributed by atoms with van der Waals surface area (Å²) in [6.07, 6.45) is 7.65. The SMILES string of the molecule is C=C[C@@]1(C)CCC[C@H](C)C1. The van der Waals surface area contributed by atoms with Crippen LogP contribution in [0.3, 0.4) is 0 Å². The summed E-state index contributed by atoms with van der Waals surface area (Å²) in [5.41, 5.74) is 0.456. The fourth-order valence-corrected chi connectivity index (χ4v) is 2.04. The lowest BCUT2D eigenvalue weighted by atomic mass is 9.72. The number of hydrogen-bond donors (Lipinski definition) is 0. The summed E-state index contributed by atoms with van der Waals surface area (Å²) < 4.78 is 0. The molecule has 0 heterocycles. The first-order valence-corrected chi connectivity index (χ1v) is 4.30. The van der Waals surface area contributed by atoms with E-state index in [1.54, 1.807) is 0 Å². The molecule has 0 amide bonds. The number of hydrogen-bond acceptors (Lipinski definition) is 0. The van der Waals surface area contributed by atoms with Crippen molar-refractivity contribution in [1.29, 1.82) is 0 Å². The predicted molar refractivity (Wildman–Crippen MR) is 45.9 cm³/mol. The van der Waals surface area contributed by atoms with E-state index in [1.807, 2.05) is 0 Å². The van der Waals surface area contributed by atoms with Gasteiger partial charge in [0.2, 0.25) is 0 Å². The van der Waals surface area contributed by atoms with Gasteiger partial charge in [-0.3, -0.25) is 0 Å². The predicted octanol–water partition coefficient (Wildman–Crippen LogP) is 3.39. The van der Waals surface area contributed by atoms with E-state index in [0.717, 1.165) is 5.92 Å². The van der Waals surface area contributed by atoms with Gasteiger partial charge in [-0.2, -0.15) is 0 Å². The molecule has 1 saturated carbocycles. The molecule has 1 fully saturated rings. The standard InChI is InChI=1S/C10H18/c1-4-10(3)7-5-6-9(2)8-10/h4,9H,1,5-8H2,2-3H3/t9-,10-/m0/s1. The second-order valence-electron chi connectivity index (χ2n) is 4.06. The van der Waals surface area contributed by atoms with E-state index in [1.165, 1.54) is 25.7 Å². The highest BCUT2D eigenvalue weighted by Crippen LogP contribution is 2.39. The molecular formula is C10H18. The molecule has 1 aliphatic carbocycles. The van der Waals surface area contributed by atoms with Crippen LogP contribution in [0.4, 0.5) is 0 Å². The van der Waals surface area contributed by atoms with Gasteiger partial charge in [-0.25, -0.2) is 0 Å². The topological polar surface area (TPSA) is 0 Å². The molecule has 1 rings (SSSR count). The van der Waals surface area contributed by atoms with Gasteiger partial charge in [-0.15, -0.1) is 6.58 Å². The molecule has 0 spiro atoms. The van der Waals surface area contributed by atoms with Crippen LogP contribution in [0.15, 0.2) is 12.7 Å². The first-order valence-electron chi connectivity index (χ1n) is 4.30. The maximum atomic E-state index is 3.89. The summed E-state index contributed by atoms with van der Waals surface area (Å²) in [6.45, 7) is 8.57. The van der Waals surface area contributed by atoms with Crippen LogP contribution in [-0.4, -0.2) is 0 Å². The first kappa shape index (κ1) is 7.84. The van der Waals surface area contributed by atoms with E-state index in [2.05, 4.69) is 26.5 Å². The van der Waals surface area contributed by atoms with Gasteiger partial charge in [0.05, 0.1) is 0 Å². The van der Waals surface area contributed by atoms with Crippen molar-refractivity contribution in [2.45, 2.75) is 39.5 Å². The third-order valence-electron chi connectivity index (χ3n) is 2.75. The molecule has 0 saturated heterocycles. The Kier molecular flexibility index (Phi) is 2.18. The molecule has 1 aliphatic rings. The summed E-state index contributed by atoms with van der Waals surface area (Å²) in [4.78, 5) is 0. The van der Waals surface area contributed by atoms with Crippen LogP contribution in [0, 0.1) is 11.3 Å². The third kappa shape index (κ3) is 1.62. The van der Waals surface area contributed by atoms with Gasteiger partial charge in [0.25, 0.3) is 0 Å². The number of allylic oxidation sites excluding steroid dienone is 1. The molecule has 2 atom stereocenters. The molecule has 0 heteroatoms. The molecule has 0 nitrogen and oxygen atoms in total. The van der Waals surface area contributed by atoms with E-state index >= 15 is 0 Å². The Morgan fingerprint density at radius 2 is 2.30 bits per heavy atom. The Morgan fingerprint density at radius 3 is 2.70 bits per heavy atom. The number of rotatable bonds is 1. The van der Waals surface area contributed by atoms with Crippen molar-refractivity contribution in [3.63, 3.8) is 0 Å². The summed E-state index contributed by atoms with van der Waals surface area (Å²) in [5, 5.41) is 0. The molecule has 0 bridgehead atoms.